The molecular formula is C11H10N2O3. The first-order valence-electron chi connectivity index (χ1n) is 4.52. The lowest BCUT2D eigenvalue weighted by Gasteiger charge is -2.07. The largest absolute Gasteiger partial charge is 0.477 e. The van der Waals surface area contributed by atoms with Gasteiger partial charge in [0.1, 0.15) is 11.4 Å². The van der Waals surface area contributed by atoms with Crippen LogP contribution in [0.15, 0.2) is 18.2 Å². The standard InChI is InChI=1S/C11H10N2O3/c1-3-7(2)12-10(14)8-5-4-6-9(13-8)11(15)16/h1,4-7H,2H3,(H,12,14)(H,15,16). The molecule has 1 aromatic rings. The molecule has 1 unspecified atom stereocenters. The van der Waals surface area contributed by atoms with E-state index in [2.05, 4.69) is 16.2 Å². The third-order valence-corrected chi connectivity index (χ3v) is 1.80. The molecule has 0 saturated heterocycles. The highest BCUT2D eigenvalue weighted by Gasteiger charge is 2.12. The predicted molar refractivity (Wildman–Crippen MR) is 57.0 cm³/mol. The fourth-order valence-corrected chi connectivity index (χ4v) is 0.993. The van der Waals surface area contributed by atoms with Crippen molar-refractivity contribution < 1.29 is 14.7 Å². The third-order valence-electron chi connectivity index (χ3n) is 1.80. The Labute approximate surface area is 92.5 Å². The number of carbonyl (C=O) groups excluding carboxylic acids is 1. The summed E-state index contributed by atoms with van der Waals surface area (Å²) in [5, 5.41) is 11.2. The van der Waals surface area contributed by atoms with Gasteiger partial charge < -0.3 is 10.4 Å². The minimum Gasteiger partial charge on any atom is -0.477 e. The first-order chi connectivity index (χ1) is 7.54. The van der Waals surface area contributed by atoms with Gasteiger partial charge in [0.25, 0.3) is 5.91 Å². The van der Waals surface area contributed by atoms with E-state index < -0.39 is 17.9 Å². The number of aromatic carboxylic acids is 1. The quantitative estimate of drug-likeness (QED) is 0.725. The number of hydrogen-bond donors (Lipinski definition) is 2. The van der Waals surface area contributed by atoms with Crippen LogP contribution in [-0.4, -0.2) is 28.0 Å². The molecule has 0 aliphatic carbocycles. The van der Waals surface area contributed by atoms with Crippen LogP contribution in [0.25, 0.3) is 0 Å². The lowest BCUT2D eigenvalue weighted by molar-refractivity contribution is 0.0690. The molecule has 1 amide bonds. The highest BCUT2D eigenvalue weighted by molar-refractivity contribution is 5.94. The van der Waals surface area contributed by atoms with Gasteiger partial charge in [-0.3, -0.25) is 4.79 Å². The van der Waals surface area contributed by atoms with Crippen LogP contribution in [0, 0.1) is 12.3 Å². The molecule has 5 heteroatoms. The van der Waals surface area contributed by atoms with E-state index in [1.54, 1.807) is 6.92 Å². The van der Waals surface area contributed by atoms with Crippen molar-refractivity contribution in [1.82, 2.24) is 10.3 Å². The van der Waals surface area contributed by atoms with Crippen LogP contribution >= 0.6 is 0 Å². The molecular weight excluding hydrogens is 208 g/mol. The second-order valence-corrected chi connectivity index (χ2v) is 3.08. The van der Waals surface area contributed by atoms with Gasteiger partial charge in [0.15, 0.2) is 0 Å². The minimum atomic E-state index is -1.18. The van der Waals surface area contributed by atoms with Crippen molar-refractivity contribution in [3.8, 4) is 12.3 Å². The molecule has 0 fully saturated rings. The summed E-state index contributed by atoms with van der Waals surface area (Å²) in [6, 6.07) is 3.75. The van der Waals surface area contributed by atoms with Crippen LogP contribution in [0.3, 0.4) is 0 Å². The van der Waals surface area contributed by atoms with Crippen LogP contribution in [0.5, 0.6) is 0 Å². The van der Waals surface area contributed by atoms with Gasteiger partial charge in [-0.15, -0.1) is 6.42 Å². The van der Waals surface area contributed by atoms with E-state index in [0.29, 0.717) is 0 Å². The number of aromatic nitrogens is 1. The number of rotatable bonds is 3. The second-order valence-electron chi connectivity index (χ2n) is 3.08. The van der Waals surface area contributed by atoms with Crippen LogP contribution in [0.4, 0.5) is 0 Å². The number of nitrogens with one attached hydrogen (secondary N) is 1. The van der Waals surface area contributed by atoms with E-state index in [4.69, 9.17) is 11.5 Å². The zero-order chi connectivity index (χ0) is 12.1. The molecule has 0 saturated carbocycles. The number of amides is 1. The van der Waals surface area contributed by atoms with Gasteiger partial charge in [-0.2, -0.15) is 0 Å². The van der Waals surface area contributed by atoms with E-state index in [1.165, 1.54) is 18.2 Å². The number of hydrogen-bond acceptors (Lipinski definition) is 3. The van der Waals surface area contributed by atoms with Gasteiger partial charge in [0, 0.05) is 0 Å². The Bertz CT molecular complexity index is 463. The molecule has 0 radical (unpaired) electrons. The topological polar surface area (TPSA) is 79.3 Å². The molecule has 0 aliphatic heterocycles. The molecule has 1 heterocycles. The van der Waals surface area contributed by atoms with E-state index in [-0.39, 0.29) is 11.4 Å². The number of nitrogens with zero attached hydrogens (tertiary/aromatic N) is 1. The summed E-state index contributed by atoms with van der Waals surface area (Å²) in [6.07, 6.45) is 5.10. The number of carbonyl (C=O) groups is 2. The Hall–Kier alpha value is -2.35. The summed E-state index contributed by atoms with van der Waals surface area (Å²) in [6.45, 7) is 1.64. The lowest BCUT2D eigenvalue weighted by atomic mass is 10.2. The zero-order valence-electron chi connectivity index (χ0n) is 8.60. The van der Waals surface area contributed by atoms with Gasteiger partial charge in [-0.1, -0.05) is 12.0 Å². The predicted octanol–water partition coefficient (Wildman–Crippen LogP) is 0.531. The summed E-state index contributed by atoms with van der Waals surface area (Å²) in [5.74, 6) is 0.654. The van der Waals surface area contributed by atoms with Crippen LogP contribution < -0.4 is 5.32 Å². The van der Waals surface area contributed by atoms with Crippen molar-refractivity contribution in [2.45, 2.75) is 13.0 Å². The molecule has 0 aromatic carbocycles. The van der Waals surface area contributed by atoms with Gasteiger partial charge >= 0.3 is 5.97 Å². The number of carboxylic acids is 1. The van der Waals surface area contributed by atoms with Gasteiger partial charge in [-0.05, 0) is 19.1 Å². The van der Waals surface area contributed by atoms with Gasteiger partial charge in [0.2, 0.25) is 0 Å². The van der Waals surface area contributed by atoms with Crippen molar-refractivity contribution in [2.24, 2.45) is 0 Å². The van der Waals surface area contributed by atoms with E-state index in [1.807, 2.05) is 0 Å². The molecule has 0 spiro atoms. The molecule has 0 bridgehead atoms. The summed E-state index contributed by atoms with van der Waals surface area (Å²) >= 11 is 0. The zero-order valence-corrected chi connectivity index (χ0v) is 8.60. The fourth-order valence-electron chi connectivity index (χ4n) is 0.993. The van der Waals surface area contributed by atoms with Crippen LogP contribution in [-0.2, 0) is 0 Å². The first-order valence-corrected chi connectivity index (χ1v) is 4.52. The number of carboxylic acid groups (broad SMARTS) is 1. The molecule has 1 atom stereocenters. The average molecular weight is 218 g/mol. The molecule has 82 valence electrons. The highest BCUT2D eigenvalue weighted by atomic mass is 16.4. The van der Waals surface area contributed by atoms with Crippen LogP contribution in [0.1, 0.15) is 27.9 Å². The van der Waals surface area contributed by atoms with Gasteiger partial charge in [0.05, 0.1) is 6.04 Å². The summed E-state index contributed by atoms with van der Waals surface area (Å²) < 4.78 is 0. The molecule has 5 nitrogen and oxygen atoms in total. The molecule has 1 aromatic heterocycles. The Morgan fingerprint density at radius 1 is 1.50 bits per heavy atom. The fraction of sp³-hybridized carbons (Fsp3) is 0.182. The summed E-state index contributed by atoms with van der Waals surface area (Å²) in [4.78, 5) is 25.8. The van der Waals surface area contributed by atoms with Crippen molar-refractivity contribution in [3.63, 3.8) is 0 Å². The van der Waals surface area contributed by atoms with Crippen molar-refractivity contribution >= 4 is 11.9 Å². The molecule has 2 N–H and O–H groups in total. The second kappa shape index (κ2) is 4.94. The van der Waals surface area contributed by atoms with E-state index in [9.17, 15) is 9.59 Å². The monoisotopic (exact) mass is 218 g/mol. The normalized spacial score (nSPS) is 11.2. The maximum Gasteiger partial charge on any atom is 0.354 e. The van der Waals surface area contributed by atoms with Crippen molar-refractivity contribution in [1.29, 1.82) is 0 Å². The highest BCUT2D eigenvalue weighted by Crippen LogP contribution is 2.00. The Kier molecular flexibility index (Phi) is 3.62. The Morgan fingerprint density at radius 3 is 2.69 bits per heavy atom. The maximum absolute atomic E-state index is 11.5. The average Bonchev–Trinajstić information content (AvgIpc) is 2.28. The smallest absolute Gasteiger partial charge is 0.354 e. The summed E-state index contributed by atoms with van der Waals surface area (Å²) in [5.41, 5.74) is -0.150. The molecule has 0 aliphatic rings. The van der Waals surface area contributed by atoms with E-state index in [0.717, 1.165) is 0 Å². The number of pyridine rings is 1. The minimum absolute atomic E-state index is 0.0296. The van der Waals surface area contributed by atoms with E-state index >= 15 is 0 Å². The molecule has 16 heavy (non-hydrogen) atoms. The first kappa shape index (κ1) is 11.7. The maximum atomic E-state index is 11.5. The van der Waals surface area contributed by atoms with Crippen molar-refractivity contribution in [3.05, 3.63) is 29.6 Å². The summed E-state index contributed by atoms with van der Waals surface area (Å²) in [7, 11) is 0. The van der Waals surface area contributed by atoms with Crippen LogP contribution in [0.2, 0.25) is 0 Å². The number of terminal acetylenes is 1. The van der Waals surface area contributed by atoms with Crippen molar-refractivity contribution in [2.75, 3.05) is 0 Å². The van der Waals surface area contributed by atoms with Gasteiger partial charge in [-0.25, -0.2) is 9.78 Å². The lowest BCUT2D eigenvalue weighted by Crippen LogP contribution is -2.32. The molecule has 1 rings (SSSR count). The Balaban J connectivity index is 2.89. The third kappa shape index (κ3) is 2.82. The Morgan fingerprint density at radius 2 is 2.12 bits per heavy atom. The SMILES string of the molecule is C#CC(C)NC(=O)c1cccc(C(=O)O)n1.